The molecule has 1 aromatic heterocycles. The highest BCUT2D eigenvalue weighted by atomic mass is 16.5. The number of ketones is 2. The average molecular weight is 486 g/mol. The molecule has 0 amide bonds. The minimum Gasteiger partial charge on any atom is -0.508 e. The van der Waals surface area contributed by atoms with Crippen LogP contribution in [0.5, 0.6) is 28.7 Å². The van der Waals surface area contributed by atoms with Crippen LogP contribution < -0.4 is 10.3 Å². The van der Waals surface area contributed by atoms with E-state index in [1.165, 1.54) is 20.2 Å². The molecule has 0 radical (unpaired) electrons. The quantitative estimate of drug-likeness (QED) is 0.239. The number of methoxy groups -OCH3 is 1. The summed E-state index contributed by atoms with van der Waals surface area (Å²) < 4.78 is 5.59. The van der Waals surface area contributed by atoms with Crippen molar-refractivity contribution in [2.24, 2.45) is 0 Å². The Morgan fingerprint density at radius 1 is 0.861 bits per heavy atom. The van der Waals surface area contributed by atoms with Gasteiger partial charge in [0, 0.05) is 33.2 Å². The van der Waals surface area contributed by atoms with Gasteiger partial charge >= 0.3 is 0 Å². The van der Waals surface area contributed by atoms with Gasteiger partial charge in [0.1, 0.15) is 28.7 Å². The number of carbonyl (C=O) groups excluding carboxylic acids is 2. The van der Waals surface area contributed by atoms with E-state index < -0.39 is 34.4 Å². The van der Waals surface area contributed by atoms with Crippen LogP contribution in [-0.4, -0.2) is 49.3 Å². The number of fused-ring (bicyclic) bond motifs is 6. The molecule has 0 aliphatic heterocycles. The predicted octanol–water partition coefficient (Wildman–Crippen LogP) is 2.60. The SMILES string of the molecule is COc1c2c(c(O)c3c1C(=O)c1c(cc(O)c(C)c1O)C3=O)-c1c(cc3cn[nH]c(=O)c3c1O)CC2. The number of H-pyrrole nitrogens is 1. The average Bonchev–Trinajstić information content (AvgIpc) is 2.85. The number of aromatic nitrogens is 2. The van der Waals surface area contributed by atoms with Gasteiger partial charge in [-0.1, -0.05) is 0 Å². The maximum absolute atomic E-state index is 13.6. The second-order valence-electron chi connectivity index (χ2n) is 8.86. The summed E-state index contributed by atoms with van der Waals surface area (Å²) in [6.07, 6.45) is 2.08. The molecule has 6 rings (SSSR count). The number of ether oxygens (including phenoxy) is 1. The lowest BCUT2D eigenvalue weighted by molar-refractivity contribution is 0.0971. The zero-order valence-corrected chi connectivity index (χ0v) is 19.0. The number of aryl methyl sites for hydroxylation is 1. The van der Waals surface area contributed by atoms with Gasteiger partial charge in [0.2, 0.25) is 5.78 Å². The van der Waals surface area contributed by atoms with Crippen LogP contribution >= 0.6 is 0 Å². The highest BCUT2D eigenvalue weighted by molar-refractivity contribution is 6.32. The Morgan fingerprint density at radius 2 is 1.61 bits per heavy atom. The van der Waals surface area contributed by atoms with E-state index in [9.17, 15) is 34.8 Å². The van der Waals surface area contributed by atoms with Crippen molar-refractivity contribution in [1.82, 2.24) is 10.2 Å². The van der Waals surface area contributed by atoms with Gasteiger partial charge in [-0.15, -0.1) is 0 Å². The van der Waals surface area contributed by atoms with E-state index in [-0.39, 0.29) is 55.8 Å². The van der Waals surface area contributed by atoms with Crippen molar-refractivity contribution in [1.29, 1.82) is 0 Å². The number of nitrogens with one attached hydrogen (secondary N) is 1. The van der Waals surface area contributed by atoms with Crippen molar-refractivity contribution >= 4 is 22.3 Å². The molecule has 0 saturated carbocycles. The molecule has 10 heteroatoms. The fourth-order valence-electron chi connectivity index (χ4n) is 5.40. The van der Waals surface area contributed by atoms with Crippen LogP contribution in [0.4, 0.5) is 0 Å². The molecule has 0 fully saturated rings. The molecule has 0 atom stereocenters. The molecule has 0 bridgehead atoms. The van der Waals surface area contributed by atoms with E-state index in [2.05, 4.69) is 10.2 Å². The lowest BCUT2D eigenvalue weighted by atomic mass is 9.75. The zero-order valence-electron chi connectivity index (χ0n) is 19.0. The Hall–Kier alpha value is -4.86. The predicted molar refractivity (Wildman–Crippen MR) is 126 cm³/mol. The Bertz CT molecular complexity index is 1780. The van der Waals surface area contributed by atoms with Crippen molar-refractivity contribution in [3.05, 3.63) is 67.6 Å². The molecular formula is C26H18N2O8. The first-order chi connectivity index (χ1) is 17.2. The lowest BCUT2D eigenvalue weighted by Crippen LogP contribution is -2.24. The molecule has 0 unspecified atom stereocenters. The number of aromatic amines is 1. The molecule has 36 heavy (non-hydrogen) atoms. The van der Waals surface area contributed by atoms with Gasteiger partial charge in [0.25, 0.3) is 5.56 Å². The van der Waals surface area contributed by atoms with E-state index in [0.717, 1.165) is 6.07 Å². The standard InChI is InChI=1S/C26H18N2O8/c1-8-13(29)6-12-17(20(8)30)24(34)19-18(21(12)31)23(33)16-11(25(19)36-2)4-3-9-5-10-7-27-28-26(35)15(10)22(32)14(9)16/h5-7,29-30,32-33H,3-4H2,1-2H3,(H,28,35). The minimum atomic E-state index is -0.807. The van der Waals surface area contributed by atoms with E-state index in [1.807, 2.05) is 0 Å². The van der Waals surface area contributed by atoms with Crippen LogP contribution in [0.25, 0.3) is 21.9 Å². The zero-order chi connectivity index (χ0) is 25.6. The smallest absolute Gasteiger partial charge is 0.275 e. The summed E-state index contributed by atoms with van der Waals surface area (Å²) in [5.41, 5.74) is -0.530. The molecule has 5 N–H and O–H groups in total. The third-order valence-electron chi connectivity index (χ3n) is 7.09. The van der Waals surface area contributed by atoms with Crippen LogP contribution in [0.15, 0.2) is 23.1 Å². The molecular weight excluding hydrogens is 468 g/mol. The lowest BCUT2D eigenvalue weighted by Gasteiger charge is -2.29. The Morgan fingerprint density at radius 3 is 2.33 bits per heavy atom. The van der Waals surface area contributed by atoms with E-state index in [1.54, 1.807) is 6.07 Å². The summed E-state index contributed by atoms with van der Waals surface area (Å²) >= 11 is 0. The van der Waals surface area contributed by atoms with Gasteiger partial charge in [0.05, 0.1) is 35.4 Å². The maximum Gasteiger partial charge on any atom is 0.275 e. The number of aromatic hydroxyl groups is 4. The minimum absolute atomic E-state index is 0.0284. The highest BCUT2D eigenvalue weighted by Gasteiger charge is 2.42. The number of hydrogen-bond acceptors (Lipinski definition) is 9. The molecule has 4 aromatic rings. The largest absolute Gasteiger partial charge is 0.508 e. The second kappa shape index (κ2) is 7.08. The van der Waals surface area contributed by atoms with Crippen LogP contribution in [0.1, 0.15) is 48.5 Å². The van der Waals surface area contributed by atoms with Crippen LogP contribution in [-0.2, 0) is 12.8 Å². The van der Waals surface area contributed by atoms with Crippen molar-refractivity contribution in [2.75, 3.05) is 7.11 Å². The normalized spacial score (nSPS) is 13.7. The fourth-order valence-corrected chi connectivity index (χ4v) is 5.40. The van der Waals surface area contributed by atoms with Crippen molar-refractivity contribution < 1.29 is 34.8 Å². The monoisotopic (exact) mass is 486 g/mol. The Balaban J connectivity index is 1.75. The van der Waals surface area contributed by atoms with Gasteiger partial charge in [-0.2, -0.15) is 5.10 Å². The van der Waals surface area contributed by atoms with Crippen LogP contribution in [0.2, 0.25) is 0 Å². The summed E-state index contributed by atoms with van der Waals surface area (Å²) in [5, 5.41) is 49.8. The summed E-state index contributed by atoms with van der Waals surface area (Å²) in [6, 6.07) is 2.76. The van der Waals surface area contributed by atoms with Gasteiger partial charge in [-0.25, -0.2) is 5.10 Å². The first-order valence-corrected chi connectivity index (χ1v) is 11.0. The Labute approximate surface area is 202 Å². The summed E-state index contributed by atoms with van der Waals surface area (Å²) in [7, 11) is 1.31. The van der Waals surface area contributed by atoms with Crippen molar-refractivity contribution in [3.8, 4) is 39.9 Å². The third kappa shape index (κ3) is 2.50. The first kappa shape index (κ1) is 21.7. The van der Waals surface area contributed by atoms with Gasteiger partial charge in [-0.3, -0.25) is 14.4 Å². The molecule has 0 saturated heterocycles. The van der Waals surface area contributed by atoms with E-state index in [4.69, 9.17) is 4.74 Å². The number of hydrogen-bond donors (Lipinski definition) is 5. The number of phenols is 4. The number of carbonyl (C=O) groups is 2. The summed E-state index contributed by atoms with van der Waals surface area (Å²) in [5.74, 6) is -3.40. The number of rotatable bonds is 1. The topological polar surface area (TPSA) is 170 Å². The van der Waals surface area contributed by atoms with Gasteiger partial charge in [-0.05, 0) is 37.5 Å². The van der Waals surface area contributed by atoms with Gasteiger partial charge < -0.3 is 25.2 Å². The number of phenolic OH excluding ortho intramolecular Hbond substituents is 4. The Kier molecular flexibility index (Phi) is 4.26. The van der Waals surface area contributed by atoms with E-state index >= 15 is 0 Å². The highest BCUT2D eigenvalue weighted by Crippen LogP contribution is 2.54. The van der Waals surface area contributed by atoms with Crippen molar-refractivity contribution in [2.45, 2.75) is 19.8 Å². The molecule has 1 heterocycles. The molecule has 3 aromatic carbocycles. The molecule has 180 valence electrons. The second-order valence-corrected chi connectivity index (χ2v) is 8.86. The molecule has 2 aliphatic carbocycles. The van der Waals surface area contributed by atoms with Crippen LogP contribution in [0, 0.1) is 6.92 Å². The fraction of sp³-hybridized carbons (Fsp3) is 0.154. The van der Waals surface area contributed by atoms with Crippen molar-refractivity contribution in [3.63, 3.8) is 0 Å². The number of benzene rings is 3. The molecule has 2 aliphatic rings. The molecule has 10 nitrogen and oxygen atoms in total. The van der Waals surface area contributed by atoms with Crippen LogP contribution in [0.3, 0.4) is 0 Å². The summed E-state index contributed by atoms with van der Waals surface area (Å²) in [4.78, 5) is 39.6. The third-order valence-corrected chi connectivity index (χ3v) is 7.09. The van der Waals surface area contributed by atoms with E-state index in [0.29, 0.717) is 29.4 Å². The molecule has 0 spiro atoms. The summed E-state index contributed by atoms with van der Waals surface area (Å²) in [6.45, 7) is 1.40. The maximum atomic E-state index is 13.6. The first-order valence-electron chi connectivity index (χ1n) is 11.0. The van der Waals surface area contributed by atoms with Gasteiger partial charge in [0.15, 0.2) is 5.78 Å². The number of nitrogens with zero attached hydrogens (tertiary/aromatic N) is 1.